The molecule has 3 unspecified atom stereocenters. The molecule has 4 nitrogen and oxygen atoms in total. The van der Waals surface area contributed by atoms with Crippen molar-refractivity contribution in [1.29, 1.82) is 0 Å². The van der Waals surface area contributed by atoms with Crippen LogP contribution < -0.4 is 10.2 Å². The number of nitrogens with one attached hydrogen (secondary N) is 1. The molecule has 0 bridgehead atoms. The van der Waals surface area contributed by atoms with E-state index in [0.29, 0.717) is 12.1 Å². The highest BCUT2D eigenvalue weighted by atomic mass is 16.5. The van der Waals surface area contributed by atoms with Gasteiger partial charge < -0.3 is 15.0 Å². The molecule has 1 N–H and O–H groups in total. The molecule has 0 aromatic carbocycles. The zero-order valence-corrected chi connectivity index (χ0v) is 13.1. The molecule has 0 radical (unpaired) electrons. The van der Waals surface area contributed by atoms with Gasteiger partial charge in [-0.1, -0.05) is 13.0 Å². The van der Waals surface area contributed by atoms with Crippen molar-refractivity contribution in [2.45, 2.75) is 51.8 Å². The predicted octanol–water partition coefficient (Wildman–Crippen LogP) is 2.76. The van der Waals surface area contributed by atoms with E-state index >= 15 is 0 Å². The monoisotopic (exact) mass is 277 g/mol. The Hall–Kier alpha value is -1.13. The van der Waals surface area contributed by atoms with E-state index in [0.717, 1.165) is 31.8 Å². The summed E-state index contributed by atoms with van der Waals surface area (Å²) in [5.74, 6) is 1.03. The molecule has 0 spiro atoms. The number of ether oxygens (including phenoxy) is 1. The SMILES string of the molecule is CCCNC(C)c1ccc(N(C)C2CCOC2C)nc1. The van der Waals surface area contributed by atoms with Crippen molar-refractivity contribution < 1.29 is 4.74 Å². The zero-order chi connectivity index (χ0) is 14.5. The van der Waals surface area contributed by atoms with Gasteiger partial charge in [-0.3, -0.25) is 0 Å². The fraction of sp³-hybridized carbons (Fsp3) is 0.688. The van der Waals surface area contributed by atoms with Crippen molar-refractivity contribution in [1.82, 2.24) is 10.3 Å². The van der Waals surface area contributed by atoms with Crippen LogP contribution in [0, 0.1) is 0 Å². The van der Waals surface area contributed by atoms with E-state index in [1.165, 1.54) is 5.56 Å². The minimum Gasteiger partial charge on any atom is -0.376 e. The topological polar surface area (TPSA) is 37.4 Å². The maximum absolute atomic E-state index is 5.63. The maximum atomic E-state index is 5.63. The summed E-state index contributed by atoms with van der Waals surface area (Å²) < 4.78 is 5.63. The highest BCUT2D eigenvalue weighted by Crippen LogP contribution is 2.23. The molecule has 1 aliphatic rings. The van der Waals surface area contributed by atoms with Gasteiger partial charge in [-0.25, -0.2) is 4.98 Å². The summed E-state index contributed by atoms with van der Waals surface area (Å²) in [6.45, 7) is 8.40. The van der Waals surface area contributed by atoms with Crippen LogP contribution in [0.15, 0.2) is 18.3 Å². The summed E-state index contributed by atoms with van der Waals surface area (Å²) in [6, 6.07) is 5.08. The fourth-order valence-electron chi connectivity index (χ4n) is 2.74. The average molecular weight is 277 g/mol. The van der Waals surface area contributed by atoms with Gasteiger partial charge in [0.25, 0.3) is 0 Å². The van der Waals surface area contributed by atoms with Crippen molar-refractivity contribution in [2.75, 3.05) is 25.1 Å². The van der Waals surface area contributed by atoms with Crippen molar-refractivity contribution in [2.24, 2.45) is 0 Å². The number of nitrogens with zero attached hydrogens (tertiary/aromatic N) is 2. The maximum Gasteiger partial charge on any atom is 0.128 e. The molecule has 112 valence electrons. The summed E-state index contributed by atoms with van der Waals surface area (Å²) in [7, 11) is 2.11. The van der Waals surface area contributed by atoms with E-state index in [2.05, 4.69) is 55.2 Å². The van der Waals surface area contributed by atoms with Gasteiger partial charge in [-0.2, -0.15) is 0 Å². The van der Waals surface area contributed by atoms with Gasteiger partial charge in [0.1, 0.15) is 5.82 Å². The second kappa shape index (κ2) is 7.04. The molecular weight excluding hydrogens is 250 g/mol. The van der Waals surface area contributed by atoms with E-state index in [1.807, 2.05) is 6.20 Å². The van der Waals surface area contributed by atoms with Crippen LogP contribution in [0.3, 0.4) is 0 Å². The van der Waals surface area contributed by atoms with Crippen LogP contribution in [0.5, 0.6) is 0 Å². The molecule has 0 aliphatic carbocycles. The molecule has 1 aliphatic heterocycles. The number of anilines is 1. The number of likely N-dealkylation sites (N-methyl/N-ethyl adjacent to an activating group) is 1. The molecule has 1 aromatic rings. The molecule has 1 fully saturated rings. The second-order valence-corrected chi connectivity index (χ2v) is 5.67. The first kappa shape index (κ1) is 15.3. The molecule has 20 heavy (non-hydrogen) atoms. The quantitative estimate of drug-likeness (QED) is 0.867. The molecular formula is C16H27N3O. The Morgan fingerprint density at radius 1 is 1.50 bits per heavy atom. The van der Waals surface area contributed by atoms with Crippen LogP contribution in [0.2, 0.25) is 0 Å². The van der Waals surface area contributed by atoms with E-state index in [9.17, 15) is 0 Å². The van der Waals surface area contributed by atoms with Gasteiger partial charge in [0, 0.05) is 25.9 Å². The Morgan fingerprint density at radius 2 is 2.30 bits per heavy atom. The van der Waals surface area contributed by atoms with Gasteiger partial charge >= 0.3 is 0 Å². The lowest BCUT2D eigenvalue weighted by atomic mass is 10.1. The van der Waals surface area contributed by atoms with Gasteiger partial charge in [0.05, 0.1) is 12.1 Å². The standard InChI is InChI=1S/C16H27N3O/c1-5-9-17-12(2)14-6-7-16(18-11-14)19(4)15-8-10-20-13(15)3/h6-7,11-13,15,17H,5,8-10H2,1-4H3. The van der Waals surface area contributed by atoms with Crippen LogP contribution >= 0.6 is 0 Å². The van der Waals surface area contributed by atoms with Crippen molar-refractivity contribution in [3.05, 3.63) is 23.9 Å². The van der Waals surface area contributed by atoms with Gasteiger partial charge in [0.2, 0.25) is 0 Å². The average Bonchev–Trinajstić information content (AvgIpc) is 2.90. The molecule has 3 atom stereocenters. The summed E-state index contributed by atoms with van der Waals surface area (Å²) >= 11 is 0. The number of hydrogen-bond acceptors (Lipinski definition) is 4. The molecule has 1 aromatic heterocycles. The predicted molar refractivity (Wildman–Crippen MR) is 83.2 cm³/mol. The van der Waals surface area contributed by atoms with Gasteiger partial charge in [-0.15, -0.1) is 0 Å². The Kier molecular flexibility index (Phi) is 5.38. The van der Waals surface area contributed by atoms with Crippen LogP contribution in [-0.4, -0.2) is 37.3 Å². The highest BCUT2D eigenvalue weighted by Gasteiger charge is 2.28. The van der Waals surface area contributed by atoms with Crippen molar-refractivity contribution in [3.8, 4) is 0 Å². The molecule has 4 heteroatoms. The Bertz CT molecular complexity index is 407. The van der Waals surface area contributed by atoms with Crippen LogP contribution in [-0.2, 0) is 4.74 Å². The van der Waals surface area contributed by atoms with Crippen molar-refractivity contribution >= 4 is 5.82 Å². The number of aromatic nitrogens is 1. The summed E-state index contributed by atoms with van der Waals surface area (Å²) in [5, 5.41) is 3.49. The largest absolute Gasteiger partial charge is 0.376 e. The van der Waals surface area contributed by atoms with Crippen molar-refractivity contribution in [3.63, 3.8) is 0 Å². The Labute approximate surface area is 122 Å². The lowest BCUT2D eigenvalue weighted by Crippen LogP contribution is -2.37. The Balaban J connectivity index is 2.00. The van der Waals surface area contributed by atoms with E-state index < -0.39 is 0 Å². The van der Waals surface area contributed by atoms with Gasteiger partial charge in [0.15, 0.2) is 0 Å². The van der Waals surface area contributed by atoms with E-state index in [1.54, 1.807) is 0 Å². The molecule has 0 amide bonds. The number of hydrogen-bond donors (Lipinski definition) is 1. The number of pyridine rings is 1. The van der Waals surface area contributed by atoms with E-state index in [-0.39, 0.29) is 6.10 Å². The zero-order valence-electron chi connectivity index (χ0n) is 13.1. The third-order valence-electron chi connectivity index (χ3n) is 4.17. The summed E-state index contributed by atoms with van der Waals surface area (Å²) in [4.78, 5) is 6.86. The first-order valence-corrected chi connectivity index (χ1v) is 7.67. The van der Waals surface area contributed by atoms with E-state index in [4.69, 9.17) is 4.74 Å². The summed E-state index contributed by atoms with van der Waals surface area (Å²) in [6.07, 6.45) is 4.50. The minimum atomic E-state index is 0.284. The third-order valence-corrected chi connectivity index (χ3v) is 4.17. The first-order valence-electron chi connectivity index (χ1n) is 7.67. The highest BCUT2D eigenvalue weighted by molar-refractivity contribution is 5.40. The smallest absolute Gasteiger partial charge is 0.128 e. The molecule has 2 rings (SSSR count). The summed E-state index contributed by atoms with van der Waals surface area (Å²) in [5.41, 5.74) is 1.24. The molecule has 0 saturated carbocycles. The lowest BCUT2D eigenvalue weighted by molar-refractivity contribution is 0.118. The minimum absolute atomic E-state index is 0.284. The number of rotatable bonds is 6. The van der Waals surface area contributed by atoms with Crippen LogP contribution in [0.25, 0.3) is 0 Å². The van der Waals surface area contributed by atoms with Gasteiger partial charge in [-0.05, 0) is 44.9 Å². The van der Waals surface area contributed by atoms with Crippen LogP contribution in [0.4, 0.5) is 5.82 Å². The molecule has 2 heterocycles. The van der Waals surface area contributed by atoms with Crippen LogP contribution in [0.1, 0.15) is 45.2 Å². The second-order valence-electron chi connectivity index (χ2n) is 5.67. The molecule has 1 saturated heterocycles. The first-order chi connectivity index (χ1) is 9.63. The Morgan fingerprint density at radius 3 is 2.85 bits per heavy atom. The third kappa shape index (κ3) is 3.49. The normalized spacial score (nSPS) is 23.8. The fourth-order valence-corrected chi connectivity index (χ4v) is 2.74. The lowest BCUT2D eigenvalue weighted by Gasteiger charge is -2.28.